The van der Waals surface area contributed by atoms with Crippen molar-refractivity contribution < 1.29 is 9.47 Å². The molecule has 4 heteroatoms. The number of nitrogens with zero attached hydrogens (tertiary/aromatic N) is 1. The highest BCUT2D eigenvalue weighted by molar-refractivity contribution is 4.96. The summed E-state index contributed by atoms with van der Waals surface area (Å²) in [5, 5.41) is 0. The Morgan fingerprint density at radius 2 is 1.69 bits per heavy atom. The summed E-state index contributed by atoms with van der Waals surface area (Å²) < 4.78 is 10.8. The minimum atomic E-state index is -0.369. The van der Waals surface area contributed by atoms with Gasteiger partial charge in [0.2, 0.25) is 0 Å². The first-order valence-corrected chi connectivity index (χ1v) is 6.31. The Labute approximate surface area is 98.1 Å². The number of likely N-dealkylation sites (tertiary alicyclic amines) is 1. The Morgan fingerprint density at radius 3 is 2.31 bits per heavy atom. The van der Waals surface area contributed by atoms with Crippen molar-refractivity contribution in [2.24, 2.45) is 5.73 Å². The Kier molecular flexibility index (Phi) is 3.85. The van der Waals surface area contributed by atoms with Crippen LogP contribution in [0.1, 0.15) is 32.1 Å². The highest BCUT2D eigenvalue weighted by atomic mass is 16.7. The van der Waals surface area contributed by atoms with Crippen molar-refractivity contribution in [1.82, 2.24) is 4.90 Å². The van der Waals surface area contributed by atoms with Crippen molar-refractivity contribution in [2.45, 2.75) is 50.0 Å². The molecule has 1 saturated carbocycles. The van der Waals surface area contributed by atoms with Gasteiger partial charge in [0.05, 0.1) is 13.1 Å². The summed E-state index contributed by atoms with van der Waals surface area (Å²) in [5.74, 6) is -0.369. The molecule has 0 amide bonds. The first-order chi connectivity index (χ1) is 7.71. The standard InChI is InChI=1S/C12H24N2O2/c1-15-12(16-2)8-14(9-12)11-7-5-3-4-6-10(11)13/h10-11H,3-9,13H2,1-2H3. The fourth-order valence-electron chi connectivity index (χ4n) is 2.92. The lowest BCUT2D eigenvalue weighted by Crippen LogP contribution is -2.68. The SMILES string of the molecule is COC1(OC)CN(C2CCCCCC2N)C1. The topological polar surface area (TPSA) is 47.7 Å². The van der Waals surface area contributed by atoms with Gasteiger partial charge in [0.15, 0.2) is 5.79 Å². The summed E-state index contributed by atoms with van der Waals surface area (Å²) in [4.78, 5) is 2.42. The van der Waals surface area contributed by atoms with Crippen molar-refractivity contribution in [2.75, 3.05) is 27.3 Å². The van der Waals surface area contributed by atoms with E-state index in [0.29, 0.717) is 12.1 Å². The molecule has 1 aliphatic heterocycles. The molecule has 16 heavy (non-hydrogen) atoms. The van der Waals surface area contributed by atoms with Crippen LogP contribution in [0.4, 0.5) is 0 Å². The largest absolute Gasteiger partial charge is 0.351 e. The zero-order valence-corrected chi connectivity index (χ0v) is 10.4. The van der Waals surface area contributed by atoms with Crippen molar-refractivity contribution in [3.05, 3.63) is 0 Å². The van der Waals surface area contributed by atoms with Gasteiger partial charge in [0.25, 0.3) is 0 Å². The maximum Gasteiger partial charge on any atom is 0.193 e. The first kappa shape index (κ1) is 12.3. The lowest BCUT2D eigenvalue weighted by atomic mass is 9.96. The van der Waals surface area contributed by atoms with Gasteiger partial charge >= 0.3 is 0 Å². The molecule has 1 aliphatic carbocycles. The van der Waals surface area contributed by atoms with Crippen LogP contribution < -0.4 is 5.73 Å². The minimum absolute atomic E-state index is 0.328. The van der Waals surface area contributed by atoms with E-state index in [1.165, 1.54) is 25.7 Å². The fourth-order valence-corrected chi connectivity index (χ4v) is 2.92. The number of ether oxygens (including phenoxy) is 2. The molecule has 0 radical (unpaired) electrons. The normalized spacial score (nSPS) is 35.4. The van der Waals surface area contributed by atoms with E-state index in [1.54, 1.807) is 14.2 Å². The van der Waals surface area contributed by atoms with Gasteiger partial charge in [0, 0.05) is 26.3 Å². The van der Waals surface area contributed by atoms with E-state index in [0.717, 1.165) is 19.5 Å². The van der Waals surface area contributed by atoms with Gasteiger partial charge in [0.1, 0.15) is 0 Å². The van der Waals surface area contributed by atoms with E-state index < -0.39 is 0 Å². The van der Waals surface area contributed by atoms with E-state index in [2.05, 4.69) is 4.90 Å². The van der Waals surface area contributed by atoms with Crippen LogP contribution in [0.2, 0.25) is 0 Å². The number of nitrogens with two attached hydrogens (primary N) is 1. The summed E-state index contributed by atoms with van der Waals surface area (Å²) in [7, 11) is 3.43. The fraction of sp³-hybridized carbons (Fsp3) is 1.00. The zero-order chi connectivity index (χ0) is 11.6. The van der Waals surface area contributed by atoms with Crippen LogP contribution in [0.5, 0.6) is 0 Å². The number of hydrogen-bond donors (Lipinski definition) is 1. The molecule has 1 saturated heterocycles. The molecule has 94 valence electrons. The van der Waals surface area contributed by atoms with E-state index in [1.807, 2.05) is 0 Å². The second-order valence-electron chi connectivity index (χ2n) is 5.09. The molecule has 1 heterocycles. The van der Waals surface area contributed by atoms with Crippen molar-refractivity contribution in [3.8, 4) is 0 Å². The van der Waals surface area contributed by atoms with Crippen LogP contribution in [-0.2, 0) is 9.47 Å². The summed E-state index contributed by atoms with van der Waals surface area (Å²) in [5.41, 5.74) is 6.24. The Bertz CT molecular complexity index is 223. The summed E-state index contributed by atoms with van der Waals surface area (Å²) >= 11 is 0. The second-order valence-corrected chi connectivity index (χ2v) is 5.09. The molecule has 4 nitrogen and oxygen atoms in total. The van der Waals surface area contributed by atoms with Gasteiger partial charge in [-0.2, -0.15) is 0 Å². The van der Waals surface area contributed by atoms with Crippen molar-refractivity contribution in [1.29, 1.82) is 0 Å². The summed E-state index contributed by atoms with van der Waals surface area (Å²) in [6.07, 6.45) is 6.31. The minimum Gasteiger partial charge on any atom is -0.351 e. The van der Waals surface area contributed by atoms with E-state index in [4.69, 9.17) is 15.2 Å². The van der Waals surface area contributed by atoms with E-state index in [9.17, 15) is 0 Å². The third kappa shape index (κ3) is 2.25. The molecule has 2 aliphatic rings. The van der Waals surface area contributed by atoms with Crippen LogP contribution in [0, 0.1) is 0 Å². The van der Waals surface area contributed by atoms with Crippen LogP contribution in [-0.4, -0.2) is 50.1 Å². The monoisotopic (exact) mass is 228 g/mol. The summed E-state index contributed by atoms with van der Waals surface area (Å²) in [6.45, 7) is 1.72. The lowest BCUT2D eigenvalue weighted by molar-refractivity contribution is -0.283. The first-order valence-electron chi connectivity index (χ1n) is 6.31. The van der Waals surface area contributed by atoms with Crippen LogP contribution in [0.15, 0.2) is 0 Å². The molecule has 0 aromatic carbocycles. The third-order valence-electron chi connectivity index (χ3n) is 4.13. The Balaban J connectivity index is 1.89. The molecule has 2 N–H and O–H groups in total. The van der Waals surface area contributed by atoms with Gasteiger partial charge in [-0.15, -0.1) is 0 Å². The molecular weight excluding hydrogens is 204 g/mol. The van der Waals surface area contributed by atoms with Gasteiger partial charge in [-0.3, -0.25) is 4.90 Å². The van der Waals surface area contributed by atoms with Crippen LogP contribution in [0.25, 0.3) is 0 Å². The van der Waals surface area contributed by atoms with Gasteiger partial charge in [-0.05, 0) is 12.8 Å². The Morgan fingerprint density at radius 1 is 1.06 bits per heavy atom. The Hall–Kier alpha value is -0.160. The number of rotatable bonds is 3. The maximum absolute atomic E-state index is 6.24. The van der Waals surface area contributed by atoms with Gasteiger partial charge < -0.3 is 15.2 Å². The molecule has 0 spiro atoms. The number of hydrogen-bond acceptors (Lipinski definition) is 4. The molecule has 0 bridgehead atoms. The highest BCUT2D eigenvalue weighted by Crippen LogP contribution is 2.31. The quantitative estimate of drug-likeness (QED) is 0.577. The maximum atomic E-state index is 6.24. The highest BCUT2D eigenvalue weighted by Gasteiger charge is 2.47. The van der Waals surface area contributed by atoms with E-state index in [-0.39, 0.29) is 5.79 Å². The second kappa shape index (κ2) is 5.00. The smallest absolute Gasteiger partial charge is 0.193 e. The molecule has 0 aromatic rings. The van der Waals surface area contributed by atoms with Crippen molar-refractivity contribution in [3.63, 3.8) is 0 Å². The molecule has 2 rings (SSSR count). The van der Waals surface area contributed by atoms with Gasteiger partial charge in [-0.1, -0.05) is 19.3 Å². The predicted octanol–water partition coefficient (Wildman–Crippen LogP) is 0.951. The molecule has 0 aromatic heterocycles. The molecular formula is C12H24N2O2. The van der Waals surface area contributed by atoms with Crippen LogP contribution in [0.3, 0.4) is 0 Å². The summed E-state index contributed by atoms with van der Waals surface area (Å²) in [6, 6.07) is 0.857. The van der Waals surface area contributed by atoms with E-state index >= 15 is 0 Å². The van der Waals surface area contributed by atoms with Crippen molar-refractivity contribution >= 4 is 0 Å². The average molecular weight is 228 g/mol. The van der Waals surface area contributed by atoms with Crippen LogP contribution >= 0.6 is 0 Å². The lowest BCUT2D eigenvalue weighted by Gasteiger charge is -2.52. The number of methoxy groups -OCH3 is 2. The molecule has 2 atom stereocenters. The average Bonchev–Trinajstić information content (AvgIpc) is 2.44. The van der Waals surface area contributed by atoms with Gasteiger partial charge in [-0.25, -0.2) is 0 Å². The molecule has 2 unspecified atom stereocenters. The predicted molar refractivity (Wildman–Crippen MR) is 63.2 cm³/mol. The zero-order valence-electron chi connectivity index (χ0n) is 10.4. The molecule has 2 fully saturated rings. The third-order valence-corrected chi connectivity index (χ3v) is 4.13.